The Balaban J connectivity index is 0.00000363. The quantitative estimate of drug-likeness (QED) is 0.128. The van der Waals surface area contributed by atoms with Crippen molar-refractivity contribution in [3.8, 4) is 11.5 Å². The van der Waals surface area contributed by atoms with Gasteiger partial charge < -0.3 is 7.43 Å². The molecule has 165 valence electrons. The minimum atomic E-state index is -0.601. The number of rotatable bonds is 8. The van der Waals surface area contributed by atoms with E-state index in [2.05, 4.69) is 6.08 Å². The molecular weight excluding hydrogens is 481 g/mol. The van der Waals surface area contributed by atoms with Crippen LogP contribution >= 0.6 is 0 Å². The third-order valence-corrected chi connectivity index (χ3v) is 5.32. The summed E-state index contributed by atoms with van der Waals surface area (Å²) in [5.74, 6) is 1.21. The van der Waals surface area contributed by atoms with Gasteiger partial charge in [0.2, 0.25) is 0 Å². The van der Waals surface area contributed by atoms with Gasteiger partial charge in [0.05, 0.1) is 0 Å². The van der Waals surface area contributed by atoms with E-state index in [1.54, 1.807) is 0 Å². The van der Waals surface area contributed by atoms with Crippen LogP contribution in [0.2, 0.25) is 0 Å². The van der Waals surface area contributed by atoms with Crippen molar-refractivity contribution >= 4 is 16.0 Å². The van der Waals surface area contributed by atoms with Crippen LogP contribution < -0.4 is 4.74 Å². The van der Waals surface area contributed by atoms with E-state index in [0.29, 0.717) is 23.7 Å². The summed E-state index contributed by atoms with van der Waals surface area (Å²) >= 11 is 1.51. The van der Waals surface area contributed by atoms with Gasteiger partial charge in [-0.15, -0.1) is 0 Å². The molecule has 3 rings (SSSR count). The maximum atomic E-state index is 12.0. The summed E-state index contributed by atoms with van der Waals surface area (Å²) < 4.78 is 19.1. The average molecular weight is 507 g/mol. The fourth-order valence-electron chi connectivity index (χ4n) is 3.09. The number of aryl methyl sites for hydroxylation is 2. The van der Waals surface area contributed by atoms with Gasteiger partial charge in [0.15, 0.2) is 0 Å². The van der Waals surface area contributed by atoms with Crippen molar-refractivity contribution in [2.75, 3.05) is 7.11 Å². The van der Waals surface area contributed by atoms with Crippen LogP contribution in [0.3, 0.4) is 0 Å². The Kier molecular flexibility index (Phi) is 9.66. The smallest absolute Gasteiger partial charge is 0.358 e. The summed E-state index contributed by atoms with van der Waals surface area (Å²) in [4.78, 5) is 12.0. The van der Waals surface area contributed by atoms with Crippen molar-refractivity contribution in [3.63, 3.8) is 0 Å². The van der Waals surface area contributed by atoms with Gasteiger partial charge in [0, 0.05) is 0 Å². The zero-order valence-electron chi connectivity index (χ0n) is 18.7. The number of hydrogen-bond donors (Lipinski definition) is 0. The molecule has 0 heterocycles. The van der Waals surface area contributed by atoms with Gasteiger partial charge in [-0.1, -0.05) is 0 Å². The molecule has 0 bridgehead atoms. The average Bonchev–Trinajstić information content (AvgIpc) is 2.79. The van der Waals surface area contributed by atoms with Crippen LogP contribution in [0.1, 0.15) is 27.8 Å². The molecule has 0 aliphatic carbocycles. The summed E-state index contributed by atoms with van der Waals surface area (Å²) in [6.07, 6.45) is 2.71. The number of para-hydroxylation sites is 1. The first kappa shape index (κ1) is 25.3. The molecule has 5 heteroatoms. The van der Waals surface area contributed by atoms with Crippen molar-refractivity contribution < 1.29 is 39.6 Å². The van der Waals surface area contributed by atoms with Gasteiger partial charge in [-0.3, -0.25) is 0 Å². The summed E-state index contributed by atoms with van der Waals surface area (Å²) in [6, 6.07) is 21.5. The number of benzene rings is 3. The van der Waals surface area contributed by atoms with Crippen LogP contribution in [0, 0.1) is 27.4 Å². The van der Waals surface area contributed by atoms with Crippen molar-refractivity contribution in [2.45, 2.75) is 20.5 Å². The first-order chi connectivity index (χ1) is 15.0. The third kappa shape index (κ3) is 6.30. The predicted octanol–water partition coefficient (Wildman–Crippen LogP) is 5.78. The molecule has 0 N–H and O–H groups in total. The Morgan fingerprint density at radius 2 is 1.62 bits per heavy atom. The van der Waals surface area contributed by atoms with Crippen LogP contribution in [0.15, 0.2) is 66.7 Å². The molecule has 32 heavy (non-hydrogen) atoms. The van der Waals surface area contributed by atoms with E-state index in [-0.39, 0.29) is 7.43 Å². The molecular formula is C27H26NbO4-2. The second-order valence-corrected chi connectivity index (χ2v) is 7.52. The molecule has 0 unspecified atom stereocenters. The van der Waals surface area contributed by atoms with Crippen molar-refractivity contribution in [2.24, 2.45) is 0 Å². The van der Waals surface area contributed by atoms with Gasteiger partial charge in [0.1, 0.15) is 0 Å². The second kappa shape index (κ2) is 12.2. The van der Waals surface area contributed by atoms with Gasteiger partial charge in [-0.05, 0) is 0 Å². The van der Waals surface area contributed by atoms with Crippen molar-refractivity contribution in [1.82, 2.24) is 0 Å². The number of carbonyl (C=O) groups excluding carboxylic acids is 1. The van der Waals surface area contributed by atoms with Crippen LogP contribution in [-0.4, -0.2) is 17.3 Å². The Morgan fingerprint density at radius 1 is 0.969 bits per heavy atom. The fourth-order valence-corrected chi connectivity index (χ4v) is 3.74. The first-order valence-corrected chi connectivity index (χ1v) is 11.0. The molecule has 0 aliphatic heterocycles. The van der Waals surface area contributed by atoms with E-state index in [0.717, 1.165) is 28.0 Å². The van der Waals surface area contributed by atoms with Gasteiger partial charge in [0.25, 0.3) is 0 Å². The molecule has 0 radical (unpaired) electrons. The maximum absolute atomic E-state index is 12.0. The van der Waals surface area contributed by atoms with E-state index >= 15 is 0 Å². The van der Waals surface area contributed by atoms with E-state index in [1.807, 2.05) is 84.8 Å². The molecule has 3 aromatic rings. The van der Waals surface area contributed by atoms with E-state index < -0.39 is 5.97 Å². The molecule has 0 atom stereocenters. The summed E-state index contributed by atoms with van der Waals surface area (Å²) in [7, 11) is 1.32. The van der Waals surface area contributed by atoms with Crippen molar-refractivity contribution in [1.29, 1.82) is 0 Å². The Morgan fingerprint density at radius 3 is 2.25 bits per heavy atom. The monoisotopic (exact) mass is 507 g/mol. The second-order valence-electron chi connectivity index (χ2n) is 6.89. The van der Waals surface area contributed by atoms with Gasteiger partial charge in [-0.25, -0.2) is 0 Å². The van der Waals surface area contributed by atoms with Gasteiger partial charge >= 0.3 is 195 Å². The molecule has 4 nitrogen and oxygen atoms in total. The molecule has 0 aliphatic rings. The number of methoxy groups -OCH3 is 1. The maximum Gasteiger partial charge on any atom is -0.358 e. The minimum Gasteiger partial charge on any atom is -0.358 e. The van der Waals surface area contributed by atoms with Crippen LogP contribution in [0.25, 0.3) is 5.76 Å². The zero-order chi connectivity index (χ0) is 22.2. The molecule has 0 fully saturated rings. The van der Waals surface area contributed by atoms with Crippen LogP contribution in [0.5, 0.6) is 11.5 Å². The topological polar surface area (TPSA) is 44.8 Å². The number of esters is 1. The minimum absolute atomic E-state index is 0. The molecule has 0 amide bonds. The molecule has 0 spiro atoms. The molecule has 0 saturated carbocycles. The summed E-state index contributed by atoms with van der Waals surface area (Å²) in [5, 5.41) is 0. The molecule has 3 aromatic carbocycles. The fraction of sp³-hybridized carbons (Fsp3) is 0.148. The van der Waals surface area contributed by atoms with Crippen LogP contribution in [-0.2, 0) is 41.5 Å². The largest absolute Gasteiger partial charge is 0.358 e. The molecule has 0 saturated heterocycles. The Bertz CT molecular complexity index is 1080. The van der Waals surface area contributed by atoms with Crippen molar-refractivity contribution in [3.05, 3.63) is 108 Å². The summed E-state index contributed by atoms with van der Waals surface area (Å²) in [5.41, 5.74) is 4.63. The summed E-state index contributed by atoms with van der Waals surface area (Å²) in [6.45, 7) is 4.34. The third-order valence-electron chi connectivity index (χ3n) is 4.69. The number of hydrogen-bond acceptors (Lipinski definition) is 4. The first-order valence-electron chi connectivity index (χ1n) is 9.77. The van der Waals surface area contributed by atoms with Crippen LogP contribution in [0.4, 0.5) is 0 Å². The predicted molar refractivity (Wildman–Crippen MR) is 124 cm³/mol. The van der Waals surface area contributed by atoms with E-state index in [9.17, 15) is 4.79 Å². The van der Waals surface area contributed by atoms with Gasteiger partial charge in [-0.2, -0.15) is 0 Å². The number of carbonyl (C=O) groups is 1. The standard InChI is InChI=1S/C26H23O4.CH3.Nb/c1-18-10-8-11-19(2)26(18)30-23-15-9-14-22(20(23)3)24(16-25(27)28-4)29-17-21-12-6-5-7-13-21;;/h3,5-15H,17H2,1-2,4H3;1H3;/q2*-1;. The normalized spacial score (nSPS) is 10.6. The Labute approximate surface area is 202 Å². The zero-order valence-corrected chi connectivity index (χ0v) is 20.9. The molecule has 0 aromatic heterocycles. The SMILES string of the molecule is COC(=O)[C-]=C(OCc1ccccc1)c1cccc(Oc2c(C)cccc2C)c1[CH]=[Nb].[CH3-]. The van der Waals surface area contributed by atoms with E-state index in [4.69, 9.17) is 14.2 Å². The number of ether oxygens (including phenoxy) is 3. The Hall–Kier alpha value is -2.92. The van der Waals surface area contributed by atoms with E-state index in [1.165, 1.54) is 27.7 Å².